The fourth-order valence-electron chi connectivity index (χ4n) is 1.82. The number of halogens is 10. The van der Waals surface area contributed by atoms with Crippen LogP contribution in [0.15, 0.2) is 24.3 Å². The molecule has 0 nitrogen and oxygen atoms in total. The maximum Gasteiger partial charge on any atom is 0.416 e. The molecular weight excluding hydrogens is 383 g/mol. The molecule has 0 aliphatic rings. The van der Waals surface area contributed by atoms with Gasteiger partial charge in [0, 0.05) is 5.33 Å². The molecule has 10 heteroatoms. The fraction of sp³-hybridized carbons (Fsp3) is 0.455. The Balaban J connectivity index is 3.72. The molecule has 0 aliphatic heterocycles. The Bertz CT molecular complexity index is 444. The van der Waals surface area contributed by atoms with Crippen LogP contribution in [0.4, 0.5) is 39.5 Å². The third-order valence-electron chi connectivity index (χ3n) is 2.82. The van der Waals surface area contributed by atoms with E-state index in [1.54, 1.807) is 0 Å². The zero-order valence-electron chi connectivity index (χ0n) is 9.80. The Morgan fingerprint density at radius 3 is 1.24 bits per heavy atom. The number of rotatable bonds is 2. The first kappa shape index (κ1) is 18.1. The van der Waals surface area contributed by atoms with E-state index in [0.717, 1.165) is 12.1 Å². The summed E-state index contributed by atoms with van der Waals surface area (Å²) in [6.07, 6.45) is -19.8. The van der Waals surface area contributed by atoms with Crippen LogP contribution < -0.4 is 0 Å². The second kappa shape index (κ2) is 5.36. The van der Waals surface area contributed by atoms with Crippen molar-refractivity contribution in [2.75, 3.05) is 0 Å². The second-order valence-electron chi connectivity index (χ2n) is 4.07. The highest BCUT2D eigenvalue weighted by atomic mass is 79.9. The maximum absolute atomic E-state index is 12.8. The monoisotopic (exact) mass is 388 g/mol. The van der Waals surface area contributed by atoms with Crippen molar-refractivity contribution in [3.05, 3.63) is 35.4 Å². The zero-order chi connectivity index (χ0) is 16.7. The molecule has 0 atom stereocenters. The molecular formula is C11H6BrF9. The lowest BCUT2D eigenvalue weighted by Gasteiger charge is -2.38. The summed E-state index contributed by atoms with van der Waals surface area (Å²) in [5, 5.41) is 0.0737. The van der Waals surface area contributed by atoms with Gasteiger partial charge in [0.05, 0.1) is 0 Å². The van der Waals surface area contributed by atoms with E-state index in [1.807, 2.05) is 0 Å². The lowest BCUT2D eigenvalue weighted by molar-refractivity contribution is -0.387. The standard InChI is InChI=1S/C11H6BrF9/c12-5-6-1-3-7(4-2-6)8(9(13,14)15,10(16,17)18)11(19,20)21/h1-4H,5H2. The van der Waals surface area contributed by atoms with Gasteiger partial charge < -0.3 is 0 Å². The average molecular weight is 389 g/mol. The van der Waals surface area contributed by atoms with E-state index in [0.29, 0.717) is 0 Å². The van der Waals surface area contributed by atoms with Crippen molar-refractivity contribution < 1.29 is 39.5 Å². The van der Waals surface area contributed by atoms with Crippen LogP contribution in [0.1, 0.15) is 11.1 Å². The van der Waals surface area contributed by atoms with Crippen LogP contribution in [0, 0.1) is 0 Å². The van der Waals surface area contributed by atoms with Crippen molar-refractivity contribution >= 4 is 15.9 Å². The van der Waals surface area contributed by atoms with Gasteiger partial charge in [-0.2, -0.15) is 39.5 Å². The molecule has 0 saturated heterocycles. The molecule has 21 heavy (non-hydrogen) atoms. The van der Waals surface area contributed by atoms with Crippen LogP contribution in [0.2, 0.25) is 0 Å². The van der Waals surface area contributed by atoms with Crippen LogP contribution in [-0.4, -0.2) is 18.5 Å². The molecule has 0 unspecified atom stereocenters. The van der Waals surface area contributed by atoms with Crippen LogP contribution in [-0.2, 0) is 10.7 Å². The number of benzene rings is 1. The van der Waals surface area contributed by atoms with Gasteiger partial charge in [0.15, 0.2) is 0 Å². The van der Waals surface area contributed by atoms with Gasteiger partial charge >= 0.3 is 18.5 Å². The van der Waals surface area contributed by atoms with Crippen molar-refractivity contribution in [1.82, 2.24) is 0 Å². The predicted molar refractivity (Wildman–Crippen MR) is 58.9 cm³/mol. The van der Waals surface area contributed by atoms with Gasteiger partial charge in [-0.3, -0.25) is 0 Å². The highest BCUT2D eigenvalue weighted by molar-refractivity contribution is 9.08. The van der Waals surface area contributed by atoms with Gasteiger partial charge in [0.2, 0.25) is 0 Å². The molecule has 1 aromatic carbocycles. The van der Waals surface area contributed by atoms with Crippen molar-refractivity contribution in [3.8, 4) is 0 Å². The molecule has 0 heterocycles. The lowest BCUT2D eigenvalue weighted by Crippen LogP contribution is -2.63. The van der Waals surface area contributed by atoms with E-state index >= 15 is 0 Å². The first-order valence-corrected chi connectivity index (χ1v) is 6.26. The summed E-state index contributed by atoms with van der Waals surface area (Å²) >= 11 is 2.88. The van der Waals surface area contributed by atoms with Crippen molar-refractivity contribution in [2.24, 2.45) is 0 Å². The molecule has 120 valence electrons. The largest absolute Gasteiger partial charge is 0.416 e. The molecule has 0 radical (unpaired) electrons. The third-order valence-corrected chi connectivity index (χ3v) is 3.46. The topological polar surface area (TPSA) is 0 Å². The molecule has 1 rings (SSSR count). The molecule has 1 aromatic rings. The third kappa shape index (κ3) is 2.86. The van der Waals surface area contributed by atoms with Crippen molar-refractivity contribution in [1.29, 1.82) is 0 Å². The van der Waals surface area contributed by atoms with Gasteiger partial charge in [-0.25, -0.2) is 0 Å². The van der Waals surface area contributed by atoms with Crippen LogP contribution in [0.3, 0.4) is 0 Å². The van der Waals surface area contributed by atoms with Crippen LogP contribution in [0.25, 0.3) is 0 Å². The van der Waals surface area contributed by atoms with Gasteiger partial charge in [-0.05, 0) is 11.1 Å². The molecule has 0 fully saturated rings. The van der Waals surface area contributed by atoms with Gasteiger partial charge in [0.25, 0.3) is 5.41 Å². The van der Waals surface area contributed by atoms with Gasteiger partial charge in [0.1, 0.15) is 0 Å². The average Bonchev–Trinajstić information content (AvgIpc) is 2.24. The van der Waals surface area contributed by atoms with Crippen LogP contribution in [0.5, 0.6) is 0 Å². The molecule has 0 N–H and O–H groups in total. The second-order valence-corrected chi connectivity index (χ2v) is 4.63. The highest BCUT2D eigenvalue weighted by Crippen LogP contribution is 2.60. The van der Waals surface area contributed by atoms with Gasteiger partial charge in [-0.1, -0.05) is 40.2 Å². The lowest BCUT2D eigenvalue weighted by atomic mass is 9.77. The Kier molecular flexibility index (Phi) is 4.63. The van der Waals surface area contributed by atoms with E-state index in [9.17, 15) is 39.5 Å². The van der Waals surface area contributed by atoms with Crippen molar-refractivity contribution in [3.63, 3.8) is 0 Å². The summed E-state index contributed by atoms with van der Waals surface area (Å²) in [5.74, 6) is 0. The minimum absolute atomic E-state index is 0.0737. The molecule has 0 spiro atoms. The first-order valence-electron chi connectivity index (χ1n) is 5.14. The summed E-state index contributed by atoms with van der Waals surface area (Å²) in [6, 6.07) is 1.90. The fourth-order valence-corrected chi connectivity index (χ4v) is 2.19. The van der Waals surface area contributed by atoms with Crippen LogP contribution >= 0.6 is 15.9 Å². The zero-order valence-corrected chi connectivity index (χ0v) is 11.4. The maximum atomic E-state index is 12.8. The minimum atomic E-state index is -6.58. The normalized spacial score (nSPS) is 14.4. The molecule has 0 bridgehead atoms. The van der Waals surface area contributed by atoms with E-state index in [4.69, 9.17) is 0 Å². The Hall–Kier alpha value is -0.930. The summed E-state index contributed by atoms with van der Waals surface area (Å²) in [7, 11) is 0. The predicted octanol–water partition coefficient (Wildman–Crippen LogP) is 5.51. The summed E-state index contributed by atoms with van der Waals surface area (Å²) in [6.45, 7) is 0. The smallest absolute Gasteiger partial charge is 0.169 e. The number of hydrogen-bond acceptors (Lipinski definition) is 0. The Morgan fingerprint density at radius 2 is 1.00 bits per heavy atom. The summed E-state index contributed by atoms with van der Waals surface area (Å²) in [5.41, 5.74) is -7.60. The van der Waals surface area contributed by atoms with Crippen molar-refractivity contribution in [2.45, 2.75) is 29.3 Å². The molecule has 0 aromatic heterocycles. The summed E-state index contributed by atoms with van der Waals surface area (Å²) in [4.78, 5) is 0. The number of alkyl halides is 10. The first-order chi connectivity index (χ1) is 9.29. The molecule has 0 saturated carbocycles. The Morgan fingerprint density at radius 1 is 0.667 bits per heavy atom. The van der Waals surface area contributed by atoms with Gasteiger partial charge in [-0.15, -0.1) is 0 Å². The molecule has 0 aliphatic carbocycles. The quantitative estimate of drug-likeness (QED) is 0.463. The highest BCUT2D eigenvalue weighted by Gasteiger charge is 2.84. The van der Waals surface area contributed by atoms with E-state index < -0.39 is 29.5 Å². The SMILES string of the molecule is FC(F)(F)C(c1ccc(CBr)cc1)(C(F)(F)F)C(F)(F)F. The Labute approximate surface area is 121 Å². The minimum Gasteiger partial charge on any atom is -0.169 e. The molecule has 0 amide bonds. The van der Waals surface area contributed by atoms with E-state index in [1.165, 1.54) is 0 Å². The number of hydrogen-bond donors (Lipinski definition) is 0. The van der Waals surface area contributed by atoms with E-state index in [2.05, 4.69) is 15.9 Å². The summed E-state index contributed by atoms with van der Waals surface area (Å²) < 4.78 is 115. The van der Waals surface area contributed by atoms with E-state index in [-0.39, 0.29) is 23.0 Å².